The summed E-state index contributed by atoms with van der Waals surface area (Å²) in [7, 11) is 0. The van der Waals surface area contributed by atoms with Crippen LogP contribution in [0.1, 0.15) is 18.9 Å². The molecule has 0 bridgehead atoms. The van der Waals surface area contributed by atoms with Gasteiger partial charge in [-0.1, -0.05) is 12.1 Å². The second-order valence-electron chi connectivity index (χ2n) is 9.59. The van der Waals surface area contributed by atoms with Crippen molar-refractivity contribution in [2.45, 2.75) is 45.8 Å². The van der Waals surface area contributed by atoms with Crippen LogP contribution in [0, 0.1) is 5.82 Å². The predicted octanol–water partition coefficient (Wildman–Crippen LogP) is 1.91. The van der Waals surface area contributed by atoms with E-state index in [1.165, 1.54) is 17.7 Å². The summed E-state index contributed by atoms with van der Waals surface area (Å²) in [5.74, 6) is -2.56. The molecule has 0 atom stereocenters. The van der Waals surface area contributed by atoms with Gasteiger partial charge in [-0.3, -0.25) is 9.36 Å². The molecule has 2 aromatic heterocycles. The van der Waals surface area contributed by atoms with Gasteiger partial charge in [0.05, 0.1) is 13.2 Å². The van der Waals surface area contributed by atoms with Gasteiger partial charge in [-0.15, -0.1) is 0 Å². The first-order valence-corrected chi connectivity index (χ1v) is 13.1. The van der Waals surface area contributed by atoms with Gasteiger partial charge in [0.1, 0.15) is 5.82 Å². The number of fused-ring (bicyclic) bond motifs is 1. The molecule has 0 radical (unpaired) electrons. The number of carbonyl (C=O) groups excluding carboxylic acids is 1. The normalized spacial score (nSPS) is 15.3. The van der Waals surface area contributed by atoms with Crippen LogP contribution in [0.25, 0.3) is 11.2 Å². The van der Waals surface area contributed by atoms with E-state index >= 15 is 0 Å². The molecule has 41 heavy (non-hydrogen) atoms. The molecule has 5 rings (SSSR count). The molecule has 0 saturated carbocycles. The van der Waals surface area contributed by atoms with Crippen molar-refractivity contribution in [3.05, 3.63) is 67.8 Å². The molecule has 1 aromatic carbocycles. The average molecular weight is 581 g/mol. The van der Waals surface area contributed by atoms with Gasteiger partial charge in [0.2, 0.25) is 5.95 Å². The maximum Gasteiger partial charge on any atom is 0.490 e. The number of alkyl halides is 3. The van der Waals surface area contributed by atoms with Gasteiger partial charge in [0, 0.05) is 38.5 Å². The van der Waals surface area contributed by atoms with E-state index in [1.54, 1.807) is 23.6 Å². The topological polar surface area (TPSA) is 113 Å². The Bertz CT molecular complexity index is 1610. The zero-order valence-electron chi connectivity index (χ0n) is 22.2. The van der Waals surface area contributed by atoms with E-state index in [0.29, 0.717) is 38.6 Å². The van der Waals surface area contributed by atoms with Gasteiger partial charge in [-0.2, -0.15) is 18.2 Å². The molecule has 15 heteroatoms. The fraction of sp³-hybridized carbons (Fsp3) is 0.462. The van der Waals surface area contributed by atoms with Crippen molar-refractivity contribution in [3.8, 4) is 0 Å². The number of carbonyl (C=O) groups is 1. The number of halogens is 4. The number of ether oxygens (including phenoxy) is 2. The minimum absolute atomic E-state index is 0.00982. The van der Waals surface area contributed by atoms with E-state index < -0.39 is 35.9 Å². The van der Waals surface area contributed by atoms with Crippen molar-refractivity contribution < 1.29 is 31.8 Å². The fourth-order valence-corrected chi connectivity index (χ4v) is 5.09. The Balaban J connectivity index is 1.67. The van der Waals surface area contributed by atoms with E-state index in [-0.39, 0.29) is 30.9 Å². The van der Waals surface area contributed by atoms with Crippen molar-refractivity contribution >= 4 is 23.1 Å². The third-order valence-corrected chi connectivity index (χ3v) is 7.09. The van der Waals surface area contributed by atoms with Crippen molar-refractivity contribution in [3.63, 3.8) is 0 Å². The molecule has 2 aliphatic rings. The number of aryl methyl sites for hydroxylation is 2. The summed E-state index contributed by atoms with van der Waals surface area (Å²) in [5.41, 5.74) is 0.963. The van der Waals surface area contributed by atoms with Crippen LogP contribution in [0.2, 0.25) is 0 Å². The summed E-state index contributed by atoms with van der Waals surface area (Å²) in [6.45, 7) is 2.74. The fourth-order valence-electron chi connectivity index (χ4n) is 5.09. The minimum atomic E-state index is -5.28. The van der Waals surface area contributed by atoms with Crippen molar-refractivity contribution in [1.82, 2.24) is 24.0 Å². The summed E-state index contributed by atoms with van der Waals surface area (Å²) in [6.07, 6.45) is -4.17. The molecule has 2 aliphatic heterocycles. The summed E-state index contributed by atoms with van der Waals surface area (Å²) < 4.78 is 65.1. The Morgan fingerprint density at radius 3 is 2.54 bits per heavy atom. The standard InChI is InChI=1S/C26H28F4N6O5/c1-2-40-12-11-35-22(37)20-21(36(25(35)39)15-41-23(38)26(28,29)30)32-24(33-10-8-17-13-31-14-19(17)33)34(20)9-7-16-3-5-18(27)6-4-16/h3-6,31H,2,7-15H2,1H3. The minimum Gasteiger partial charge on any atom is -0.437 e. The van der Waals surface area contributed by atoms with Crippen LogP contribution >= 0.6 is 0 Å². The summed E-state index contributed by atoms with van der Waals surface area (Å²) >= 11 is 0. The first-order valence-electron chi connectivity index (χ1n) is 13.1. The molecular formula is C26H28F4N6O5. The Labute approximate surface area is 230 Å². The lowest BCUT2D eigenvalue weighted by Gasteiger charge is -2.22. The van der Waals surface area contributed by atoms with Crippen molar-refractivity contribution in [2.24, 2.45) is 0 Å². The van der Waals surface area contributed by atoms with Gasteiger partial charge >= 0.3 is 17.8 Å². The predicted molar refractivity (Wildman–Crippen MR) is 139 cm³/mol. The molecule has 1 N–H and O–H groups in total. The highest BCUT2D eigenvalue weighted by atomic mass is 19.4. The first-order chi connectivity index (χ1) is 19.6. The van der Waals surface area contributed by atoms with Gasteiger partial charge in [-0.25, -0.2) is 18.5 Å². The SMILES string of the molecule is CCOCCn1c(=O)c2c(nc(N3CCC4=C3CNC4)n2CCc2ccc(F)cc2)n(COC(=O)C(F)(F)F)c1=O. The molecule has 0 aliphatic carbocycles. The number of rotatable bonds is 10. The van der Waals surface area contributed by atoms with E-state index in [4.69, 9.17) is 4.74 Å². The van der Waals surface area contributed by atoms with Gasteiger partial charge in [-0.05, 0) is 43.0 Å². The summed E-state index contributed by atoms with van der Waals surface area (Å²) in [6, 6.07) is 5.85. The molecule has 4 heterocycles. The zero-order chi connectivity index (χ0) is 29.3. The lowest BCUT2D eigenvalue weighted by Crippen LogP contribution is -2.42. The molecular weight excluding hydrogens is 552 g/mol. The Kier molecular flexibility index (Phi) is 8.00. The third kappa shape index (κ3) is 5.63. The van der Waals surface area contributed by atoms with Crippen LogP contribution < -0.4 is 21.5 Å². The van der Waals surface area contributed by atoms with E-state index in [0.717, 1.165) is 26.8 Å². The van der Waals surface area contributed by atoms with Crippen molar-refractivity contribution in [1.29, 1.82) is 0 Å². The second kappa shape index (κ2) is 11.5. The van der Waals surface area contributed by atoms with Crippen LogP contribution in [0.15, 0.2) is 45.1 Å². The average Bonchev–Trinajstić information content (AvgIpc) is 3.64. The number of nitrogens with one attached hydrogen (secondary N) is 1. The lowest BCUT2D eigenvalue weighted by atomic mass is 10.1. The molecule has 0 fully saturated rings. The summed E-state index contributed by atoms with van der Waals surface area (Å²) in [5, 5.41) is 3.27. The van der Waals surface area contributed by atoms with E-state index in [2.05, 4.69) is 15.0 Å². The second-order valence-corrected chi connectivity index (χ2v) is 9.59. The largest absolute Gasteiger partial charge is 0.490 e. The lowest BCUT2D eigenvalue weighted by molar-refractivity contribution is -0.203. The number of esters is 1. The highest BCUT2D eigenvalue weighted by Crippen LogP contribution is 2.32. The number of imidazole rings is 1. The van der Waals surface area contributed by atoms with Crippen LogP contribution in [0.5, 0.6) is 0 Å². The van der Waals surface area contributed by atoms with E-state index in [9.17, 15) is 31.9 Å². The number of nitrogens with zero attached hydrogens (tertiary/aromatic N) is 5. The number of anilines is 1. The van der Waals surface area contributed by atoms with Crippen LogP contribution in [-0.4, -0.2) is 63.7 Å². The van der Waals surface area contributed by atoms with Crippen LogP contribution in [0.3, 0.4) is 0 Å². The van der Waals surface area contributed by atoms with Gasteiger partial charge < -0.3 is 24.3 Å². The third-order valence-electron chi connectivity index (χ3n) is 7.09. The highest BCUT2D eigenvalue weighted by Gasteiger charge is 2.41. The Morgan fingerprint density at radius 1 is 1.07 bits per heavy atom. The molecule has 0 amide bonds. The maximum atomic E-state index is 13.8. The molecule has 0 saturated heterocycles. The maximum absolute atomic E-state index is 13.8. The van der Waals surface area contributed by atoms with E-state index in [1.807, 2.05) is 4.90 Å². The number of aromatic nitrogens is 4. The number of benzene rings is 1. The molecule has 220 valence electrons. The monoisotopic (exact) mass is 580 g/mol. The van der Waals surface area contributed by atoms with Crippen molar-refractivity contribution in [2.75, 3.05) is 37.7 Å². The first kappa shape index (κ1) is 28.5. The van der Waals surface area contributed by atoms with Crippen LogP contribution in [-0.2, 0) is 40.5 Å². The van der Waals surface area contributed by atoms with Gasteiger partial charge in [0.15, 0.2) is 17.9 Å². The molecule has 0 spiro atoms. The number of hydrogen-bond donors (Lipinski definition) is 1. The highest BCUT2D eigenvalue weighted by molar-refractivity contribution is 5.77. The number of hydrogen-bond acceptors (Lipinski definition) is 8. The molecule has 0 unspecified atom stereocenters. The summed E-state index contributed by atoms with van der Waals surface area (Å²) in [4.78, 5) is 45.2. The molecule has 3 aromatic rings. The van der Waals surface area contributed by atoms with Crippen LogP contribution in [0.4, 0.5) is 23.5 Å². The zero-order valence-corrected chi connectivity index (χ0v) is 22.2. The Morgan fingerprint density at radius 2 is 1.83 bits per heavy atom. The Hall–Kier alpha value is -3.98. The van der Waals surface area contributed by atoms with Gasteiger partial charge in [0.25, 0.3) is 5.56 Å². The quantitative estimate of drug-likeness (QED) is 0.220. The smallest absolute Gasteiger partial charge is 0.437 e. The molecule has 11 nitrogen and oxygen atoms in total.